The van der Waals surface area contributed by atoms with E-state index in [1.807, 2.05) is 0 Å². The number of aliphatic hydroxyl groups is 1. The molecule has 5 atom stereocenters. The summed E-state index contributed by atoms with van der Waals surface area (Å²) in [5.74, 6) is 1.64. The van der Waals surface area contributed by atoms with Crippen molar-refractivity contribution >= 4 is 10.8 Å². The Morgan fingerprint density at radius 3 is 2.61 bits per heavy atom. The topological polar surface area (TPSA) is 85.7 Å². The lowest BCUT2D eigenvalue weighted by atomic mass is 9.43. The maximum atomic E-state index is 10.8. The third-order valence-electron chi connectivity index (χ3n) is 8.89. The quantitative estimate of drug-likeness (QED) is 0.538. The van der Waals surface area contributed by atoms with Gasteiger partial charge in [0.15, 0.2) is 5.88 Å². The minimum atomic E-state index is -0.381. The highest BCUT2D eigenvalue weighted by Crippen LogP contribution is 2.67. The van der Waals surface area contributed by atoms with Gasteiger partial charge < -0.3 is 25.0 Å². The molecule has 0 radical (unpaired) electrons. The van der Waals surface area contributed by atoms with Crippen LogP contribution in [0.15, 0.2) is 12.3 Å². The van der Waals surface area contributed by atoms with Crippen LogP contribution in [-0.2, 0) is 6.42 Å². The van der Waals surface area contributed by atoms with E-state index in [9.17, 15) is 15.3 Å². The Morgan fingerprint density at radius 2 is 1.86 bits per heavy atom. The van der Waals surface area contributed by atoms with Gasteiger partial charge >= 0.3 is 0 Å². The van der Waals surface area contributed by atoms with Crippen LogP contribution in [-0.4, -0.2) is 32.0 Å². The van der Waals surface area contributed by atoms with Crippen molar-refractivity contribution in [3.8, 4) is 17.4 Å². The number of phenols is 1. The zero-order valence-corrected chi connectivity index (χ0v) is 17.2. The molecule has 1 aromatic heterocycles. The average Bonchev–Trinajstić information content (AvgIpc) is 3.00. The molecule has 2 heterocycles. The molecule has 1 spiro atoms. The molecule has 0 bridgehead atoms. The molecule has 4 N–H and O–H groups in total. The van der Waals surface area contributed by atoms with Crippen LogP contribution in [0.1, 0.15) is 58.9 Å². The van der Waals surface area contributed by atoms with E-state index in [4.69, 9.17) is 4.74 Å². The number of aromatic hydroxyl groups is 2. The molecule has 28 heavy (non-hydrogen) atoms. The fourth-order valence-electron chi connectivity index (χ4n) is 6.83. The van der Waals surface area contributed by atoms with Gasteiger partial charge in [0, 0.05) is 28.5 Å². The van der Waals surface area contributed by atoms with Crippen LogP contribution in [0.25, 0.3) is 10.8 Å². The molecular weight excluding hydrogens is 354 g/mol. The van der Waals surface area contributed by atoms with Crippen molar-refractivity contribution in [3.05, 3.63) is 17.8 Å². The molecule has 2 fully saturated rings. The van der Waals surface area contributed by atoms with Gasteiger partial charge in [-0.3, -0.25) is 0 Å². The first-order valence-corrected chi connectivity index (χ1v) is 10.5. The predicted octanol–water partition coefficient (Wildman–Crippen LogP) is 4.49. The average molecular weight is 386 g/mol. The summed E-state index contributed by atoms with van der Waals surface area (Å²) in [6.07, 6.45) is 5.87. The van der Waals surface area contributed by atoms with E-state index in [1.54, 1.807) is 12.3 Å². The molecule has 0 amide bonds. The Bertz CT molecular complexity index is 963. The molecule has 152 valence electrons. The molecule has 0 saturated heterocycles. The molecule has 2 aromatic rings. The fourth-order valence-corrected chi connectivity index (χ4v) is 6.83. The van der Waals surface area contributed by atoms with E-state index < -0.39 is 0 Å². The van der Waals surface area contributed by atoms with Crippen molar-refractivity contribution < 1.29 is 20.1 Å². The number of fused-ring (bicyclic) bond motifs is 3. The zero-order chi connectivity index (χ0) is 20.1. The van der Waals surface area contributed by atoms with E-state index in [0.29, 0.717) is 17.1 Å². The number of aromatic amines is 1. The summed E-state index contributed by atoms with van der Waals surface area (Å²) in [6.45, 7) is 8.98. The standard InChI is InChI=1S/C23H31NO4/c1-12-5-6-17-21(2,3)18(26)7-8-23(17)22(12,4)10-14-16(25)9-13-15(19(14)28-23)11-24-20(13)27/h9,11-12,17-18,24-27H,5-8,10H2,1-4H3/t12-,17-,18-,22+,23-/m0/s1. The van der Waals surface area contributed by atoms with Crippen LogP contribution in [0.3, 0.4) is 0 Å². The molecular formula is C23H31NO4. The first kappa shape index (κ1) is 18.2. The van der Waals surface area contributed by atoms with Gasteiger partial charge in [0.2, 0.25) is 0 Å². The molecule has 2 saturated carbocycles. The number of hydrogen-bond donors (Lipinski definition) is 4. The molecule has 2 aliphatic carbocycles. The van der Waals surface area contributed by atoms with E-state index in [-0.39, 0.29) is 40.1 Å². The van der Waals surface area contributed by atoms with Crippen molar-refractivity contribution in [3.63, 3.8) is 0 Å². The second-order valence-electron chi connectivity index (χ2n) is 10.3. The summed E-state index contributed by atoms with van der Waals surface area (Å²) < 4.78 is 6.99. The summed E-state index contributed by atoms with van der Waals surface area (Å²) in [4.78, 5) is 2.86. The molecule has 3 aliphatic rings. The van der Waals surface area contributed by atoms with E-state index in [0.717, 1.165) is 43.1 Å². The summed E-state index contributed by atoms with van der Waals surface area (Å²) in [7, 11) is 0. The first-order valence-electron chi connectivity index (χ1n) is 10.5. The normalized spacial score (nSPS) is 39.0. The van der Waals surface area contributed by atoms with Crippen molar-refractivity contribution in [1.29, 1.82) is 0 Å². The van der Waals surface area contributed by atoms with Crippen molar-refractivity contribution in [2.24, 2.45) is 22.7 Å². The fraction of sp³-hybridized carbons (Fsp3) is 0.652. The van der Waals surface area contributed by atoms with Crippen molar-refractivity contribution in [2.45, 2.75) is 71.5 Å². The number of aliphatic hydroxyl groups excluding tert-OH is 1. The van der Waals surface area contributed by atoms with Crippen LogP contribution in [0.4, 0.5) is 0 Å². The predicted molar refractivity (Wildman–Crippen MR) is 108 cm³/mol. The highest BCUT2D eigenvalue weighted by molar-refractivity contribution is 5.95. The van der Waals surface area contributed by atoms with Crippen molar-refractivity contribution in [1.82, 2.24) is 4.98 Å². The first-order chi connectivity index (χ1) is 13.1. The van der Waals surface area contributed by atoms with E-state index >= 15 is 0 Å². The second-order valence-corrected chi connectivity index (χ2v) is 10.3. The van der Waals surface area contributed by atoms with Gasteiger partial charge in [-0.1, -0.05) is 27.7 Å². The highest BCUT2D eigenvalue weighted by Gasteiger charge is 2.67. The maximum Gasteiger partial charge on any atom is 0.196 e. The van der Waals surface area contributed by atoms with Crippen LogP contribution in [0.2, 0.25) is 0 Å². The van der Waals surface area contributed by atoms with Crippen molar-refractivity contribution in [2.75, 3.05) is 0 Å². The smallest absolute Gasteiger partial charge is 0.196 e. The second kappa shape index (κ2) is 5.38. The van der Waals surface area contributed by atoms with Gasteiger partial charge in [0.1, 0.15) is 17.1 Å². The van der Waals surface area contributed by atoms with Gasteiger partial charge in [0.25, 0.3) is 0 Å². The number of rotatable bonds is 0. The molecule has 1 aromatic carbocycles. The van der Waals surface area contributed by atoms with E-state index in [1.165, 1.54) is 0 Å². The van der Waals surface area contributed by atoms with Gasteiger partial charge in [0.05, 0.1) is 11.5 Å². The number of H-pyrrole nitrogens is 1. The number of phenolic OH excluding ortho intramolecular Hbond substituents is 1. The Balaban J connectivity index is 1.77. The summed E-state index contributed by atoms with van der Waals surface area (Å²) in [6, 6.07) is 1.64. The Hall–Kier alpha value is -1.88. The summed E-state index contributed by atoms with van der Waals surface area (Å²) in [5.41, 5.74) is 0.113. The minimum Gasteiger partial charge on any atom is -0.508 e. The molecule has 0 unspecified atom stereocenters. The molecule has 5 nitrogen and oxygen atoms in total. The van der Waals surface area contributed by atoms with Crippen LogP contribution in [0.5, 0.6) is 17.4 Å². The number of benzene rings is 1. The Labute approximate surface area is 165 Å². The Kier molecular flexibility index (Phi) is 3.49. The number of hydrogen-bond acceptors (Lipinski definition) is 4. The summed E-state index contributed by atoms with van der Waals surface area (Å²) in [5, 5.41) is 33.1. The largest absolute Gasteiger partial charge is 0.508 e. The number of nitrogens with one attached hydrogen (secondary N) is 1. The maximum absolute atomic E-state index is 10.8. The monoisotopic (exact) mass is 385 g/mol. The van der Waals surface area contributed by atoms with Gasteiger partial charge in [-0.05, 0) is 49.5 Å². The van der Waals surface area contributed by atoms with Crippen LogP contribution in [0, 0.1) is 22.7 Å². The van der Waals surface area contributed by atoms with E-state index in [2.05, 4.69) is 32.7 Å². The zero-order valence-electron chi connectivity index (χ0n) is 17.2. The minimum absolute atomic E-state index is 0.0514. The Morgan fingerprint density at radius 1 is 1.11 bits per heavy atom. The molecule has 1 aliphatic heterocycles. The number of ether oxygens (including phenoxy) is 1. The lowest BCUT2D eigenvalue weighted by molar-refractivity contribution is -0.233. The highest BCUT2D eigenvalue weighted by atomic mass is 16.5. The van der Waals surface area contributed by atoms with Gasteiger partial charge in [-0.25, -0.2) is 0 Å². The van der Waals surface area contributed by atoms with Crippen LogP contribution < -0.4 is 4.74 Å². The lowest BCUT2D eigenvalue weighted by Crippen LogP contribution is -2.70. The molecule has 5 rings (SSSR count). The van der Waals surface area contributed by atoms with Gasteiger partial charge in [-0.15, -0.1) is 0 Å². The molecule has 5 heteroatoms. The summed E-state index contributed by atoms with van der Waals surface area (Å²) >= 11 is 0. The SMILES string of the molecule is C[C@H]1CC[C@H]2C(C)(C)[C@@H](O)CC[C@]23Oc2c(c(O)cc4c(O)[nH]cc24)C[C@]13C. The number of aromatic nitrogens is 1. The third kappa shape index (κ3) is 1.96. The lowest BCUT2D eigenvalue weighted by Gasteiger charge is -2.66. The third-order valence-corrected chi connectivity index (χ3v) is 8.89. The van der Waals surface area contributed by atoms with Gasteiger partial charge in [-0.2, -0.15) is 0 Å². The van der Waals surface area contributed by atoms with Crippen LogP contribution >= 0.6 is 0 Å².